The number of hydrogen-bond acceptors (Lipinski definition) is 3. The second kappa shape index (κ2) is 9.41. The summed E-state index contributed by atoms with van der Waals surface area (Å²) >= 11 is 0. The fraction of sp³-hybridized carbons (Fsp3) is 0.263. The number of carbonyl (C=O) groups excluding carboxylic acids is 1. The maximum absolute atomic E-state index is 13.6. The van der Waals surface area contributed by atoms with Crippen LogP contribution in [0.4, 0.5) is 4.39 Å². The molecular formula is C19H23FN4O2. The van der Waals surface area contributed by atoms with E-state index in [1.54, 1.807) is 26.1 Å². The van der Waals surface area contributed by atoms with Crippen LogP contribution in [0.3, 0.4) is 0 Å². The number of nitrogens with zero attached hydrogens (tertiary/aromatic N) is 1. The van der Waals surface area contributed by atoms with Crippen LogP contribution in [0.5, 0.6) is 5.75 Å². The van der Waals surface area contributed by atoms with E-state index in [1.807, 2.05) is 24.3 Å². The molecule has 0 aromatic heterocycles. The highest BCUT2D eigenvalue weighted by Crippen LogP contribution is 2.13. The van der Waals surface area contributed by atoms with Gasteiger partial charge in [-0.1, -0.05) is 24.3 Å². The molecule has 2 aromatic rings. The van der Waals surface area contributed by atoms with Crippen molar-refractivity contribution < 1.29 is 13.9 Å². The van der Waals surface area contributed by atoms with Gasteiger partial charge in [-0.2, -0.15) is 0 Å². The van der Waals surface area contributed by atoms with Crippen LogP contribution in [0.1, 0.15) is 16.7 Å². The summed E-state index contributed by atoms with van der Waals surface area (Å²) < 4.78 is 18.9. The van der Waals surface area contributed by atoms with E-state index in [2.05, 4.69) is 15.6 Å². The molecule has 0 saturated heterocycles. The Labute approximate surface area is 152 Å². The average molecular weight is 358 g/mol. The average Bonchev–Trinajstić information content (AvgIpc) is 2.63. The molecule has 0 bridgehead atoms. The lowest BCUT2D eigenvalue weighted by Gasteiger charge is -2.13. The van der Waals surface area contributed by atoms with E-state index in [9.17, 15) is 9.18 Å². The van der Waals surface area contributed by atoms with E-state index >= 15 is 0 Å². The van der Waals surface area contributed by atoms with Crippen molar-refractivity contribution in [3.05, 3.63) is 65.0 Å². The van der Waals surface area contributed by atoms with Gasteiger partial charge in [0.25, 0.3) is 5.91 Å². The summed E-state index contributed by atoms with van der Waals surface area (Å²) in [5, 5.41) is 6.31. The third-order valence-electron chi connectivity index (χ3n) is 3.66. The van der Waals surface area contributed by atoms with Crippen molar-refractivity contribution in [2.45, 2.75) is 20.0 Å². The molecule has 6 nitrogen and oxygen atoms in total. The molecule has 0 fully saturated rings. The summed E-state index contributed by atoms with van der Waals surface area (Å²) in [5.41, 5.74) is 7.48. The molecule has 138 valence electrons. The summed E-state index contributed by atoms with van der Waals surface area (Å²) in [6, 6.07) is 12.5. The van der Waals surface area contributed by atoms with Gasteiger partial charge in [-0.25, -0.2) is 4.39 Å². The summed E-state index contributed by atoms with van der Waals surface area (Å²) in [6.07, 6.45) is 0. The zero-order valence-corrected chi connectivity index (χ0v) is 14.9. The number of primary amides is 1. The van der Waals surface area contributed by atoms with Gasteiger partial charge in [0, 0.05) is 20.1 Å². The standard InChI is InChI=1S/C19H23FN4O2/c1-13-6-7-15(9-17(13)20)11-24-19(22-2)23-10-14-4-3-5-16(8-14)26-12-18(21)25/h3-9H,10-12H2,1-2H3,(H2,21,25)(H2,22,23,24). The van der Waals surface area contributed by atoms with E-state index < -0.39 is 5.91 Å². The van der Waals surface area contributed by atoms with Crippen molar-refractivity contribution in [1.82, 2.24) is 10.6 Å². The monoisotopic (exact) mass is 358 g/mol. The van der Waals surface area contributed by atoms with Gasteiger partial charge in [0.2, 0.25) is 0 Å². The van der Waals surface area contributed by atoms with Crippen molar-refractivity contribution in [2.24, 2.45) is 10.7 Å². The number of hydrogen-bond donors (Lipinski definition) is 3. The van der Waals surface area contributed by atoms with Gasteiger partial charge in [-0.15, -0.1) is 0 Å². The first-order chi connectivity index (χ1) is 12.5. The maximum Gasteiger partial charge on any atom is 0.255 e. The maximum atomic E-state index is 13.6. The lowest BCUT2D eigenvalue weighted by Crippen LogP contribution is -2.36. The van der Waals surface area contributed by atoms with E-state index in [0.717, 1.165) is 11.1 Å². The number of carbonyl (C=O) groups is 1. The fourth-order valence-electron chi connectivity index (χ4n) is 2.24. The third kappa shape index (κ3) is 6.08. The number of aryl methyl sites for hydroxylation is 1. The quantitative estimate of drug-likeness (QED) is 0.521. The van der Waals surface area contributed by atoms with Crippen LogP contribution in [-0.2, 0) is 17.9 Å². The van der Waals surface area contributed by atoms with E-state index in [1.165, 1.54) is 6.07 Å². The van der Waals surface area contributed by atoms with Crippen LogP contribution >= 0.6 is 0 Å². The molecule has 0 saturated carbocycles. The van der Waals surface area contributed by atoms with Crippen molar-refractivity contribution in [1.29, 1.82) is 0 Å². The molecule has 0 aliphatic carbocycles. The normalized spacial score (nSPS) is 11.1. The molecule has 0 aliphatic heterocycles. The van der Waals surface area contributed by atoms with Gasteiger partial charge in [0.1, 0.15) is 11.6 Å². The lowest BCUT2D eigenvalue weighted by atomic mass is 10.1. The predicted molar refractivity (Wildman–Crippen MR) is 99.3 cm³/mol. The third-order valence-corrected chi connectivity index (χ3v) is 3.66. The lowest BCUT2D eigenvalue weighted by molar-refractivity contribution is -0.119. The number of amides is 1. The second-order valence-electron chi connectivity index (χ2n) is 5.77. The Morgan fingerprint density at radius 1 is 1.15 bits per heavy atom. The summed E-state index contributed by atoms with van der Waals surface area (Å²) in [7, 11) is 1.66. The molecule has 0 spiro atoms. The predicted octanol–water partition coefficient (Wildman–Crippen LogP) is 1.86. The number of aliphatic imine (C=N–C) groups is 1. The minimum atomic E-state index is -0.523. The number of halogens is 1. The Hall–Kier alpha value is -3.09. The first kappa shape index (κ1) is 19.2. The van der Waals surface area contributed by atoms with E-state index in [0.29, 0.717) is 30.4 Å². The van der Waals surface area contributed by atoms with Crippen LogP contribution in [-0.4, -0.2) is 25.5 Å². The molecule has 2 rings (SSSR count). The zero-order chi connectivity index (χ0) is 18.9. The first-order valence-corrected chi connectivity index (χ1v) is 8.17. The minimum absolute atomic E-state index is 0.160. The van der Waals surface area contributed by atoms with Gasteiger partial charge >= 0.3 is 0 Å². The molecule has 4 N–H and O–H groups in total. The number of nitrogens with two attached hydrogens (primary N) is 1. The van der Waals surface area contributed by atoms with E-state index in [-0.39, 0.29) is 12.4 Å². The number of nitrogens with one attached hydrogen (secondary N) is 2. The Kier molecular flexibility index (Phi) is 6.96. The van der Waals surface area contributed by atoms with Gasteiger partial charge in [-0.05, 0) is 41.8 Å². The van der Waals surface area contributed by atoms with E-state index in [4.69, 9.17) is 10.5 Å². The molecule has 26 heavy (non-hydrogen) atoms. The van der Waals surface area contributed by atoms with Crippen LogP contribution in [0, 0.1) is 12.7 Å². The van der Waals surface area contributed by atoms with Crippen molar-refractivity contribution >= 4 is 11.9 Å². The van der Waals surface area contributed by atoms with Gasteiger partial charge in [-0.3, -0.25) is 9.79 Å². The Morgan fingerprint density at radius 2 is 1.85 bits per heavy atom. The smallest absolute Gasteiger partial charge is 0.255 e. The topological polar surface area (TPSA) is 88.7 Å². The van der Waals surface area contributed by atoms with Crippen LogP contribution in [0.2, 0.25) is 0 Å². The molecule has 0 radical (unpaired) electrons. The number of ether oxygens (including phenoxy) is 1. The largest absolute Gasteiger partial charge is 0.484 e. The zero-order valence-electron chi connectivity index (χ0n) is 14.9. The molecule has 1 amide bonds. The molecule has 2 aromatic carbocycles. The van der Waals surface area contributed by atoms with Gasteiger partial charge < -0.3 is 21.1 Å². The Bertz CT molecular complexity index is 793. The van der Waals surface area contributed by atoms with Gasteiger partial charge in [0.15, 0.2) is 12.6 Å². The molecular weight excluding hydrogens is 335 g/mol. The van der Waals surface area contributed by atoms with Crippen LogP contribution < -0.4 is 21.1 Å². The van der Waals surface area contributed by atoms with Crippen LogP contribution in [0.15, 0.2) is 47.5 Å². The highest BCUT2D eigenvalue weighted by molar-refractivity contribution is 5.79. The SMILES string of the molecule is CN=C(NCc1cccc(OCC(N)=O)c1)NCc1ccc(C)c(F)c1. The summed E-state index contributed by atoms with van der Waals surface area (Å²) in [5.74, 6) is 0.418. The van der Waals surface area contributed by atoms with Gasteiger partial charge in [0.05, 0.1) is 0 Å². The highest BCUT2D eigenvalue weighted by Gasteiger charge is 2.03. The van der Waals surface area contributed by atoms with Crippen LogP contribution in [0.25, 0.3) is 0 Å². The number of benzene rings is 2. The molecule has 0 unspecified atom stereocenters. The number of guanidine groups is 1. The Balaban J connectivity index is 1.87. The molecule has 7 heteroatoms. The fourth-order valence-corrected chi connectivity index (χ4v) is 2.24. The van der Waals surface area contributed by atoms with Crippen molar-refractivity contribution in [2.75, 3.05) is 13.7 Å². The highest BCUT2D eigenvalue weighted by atomic mass is 19.1. The number of rotatable bonds is 7. The second-order valence-corrected chi connectivity index (χ2v) is 5.77. The molecule has 0 heterocycles. The van der Waals surface area contributed by atoms with Crippen molar-refractivity contribution in [3.8, 4) is 5.75 Å². The van der Waals surface area contributed by atoms with Crippen molar-refractivity contribution in [3.63, 3.8) is 0 Å². The summed E-state index contributed by atoms with van der Waals surface area (Å²) in [4.78, 5) is 14.9. The summed E-state index contributed by atoms with van der Waals surface area (Å²) in [6.45, 7) is 2.54. The Morgan fingerprint density at radius 3 is 2.46 bits per heavy atom. The molecule has 0 atom stereocenters. The molecule has 0 aliphatic rings. The minimum Gasteiger partial charge on any atom is -0.484 e. The first-order valence-electron chi connectivity index (χ1n) is 8.17.